The lowest BCUT2D eigenvalue weighted by Gasteiger charge is -2.46. The maximum atomic E-state index is 3.87. The van der Waals surface area contributed by atoms with Crippen molar-refractivity contribution in [3.63, 3.8) is 0 Å². The van der Waals surface area contributed by atoms with Crippen LogP contribution in [0.15, 0.2) is 0 Å². The molecule has 1 heterocycles. The zero-order chi connectivity index (χ0) is 13.7. The monoisotopic (exact) mass is 284 g/mol. The Labute approximate surface area is 124 Å². The van der Waals surface area contributed by atoms with Crippen molar-refractivity contribution in [3.05, 3.63) is 0 Å². The lowest BCUT2D eigenvalue weighted by molar-refractivity contribution is 0.0698. The second-order valence-corrected chi connectivity index (χ2v) is 7.39. The van der Waals surface area contributed by atoms with E-state index in [-0.39, 0.29) is 0 Å². The Balaban J connectivity index is 1.94. The maximum Gasteiger partial charge on any atom is 0.0224 e. The van der Waals surface area contributed by atoms with Gasteiger partial charge in [0.15, 0.2) is 0 Å². The number of hydrogen-bond donors (Lipinski definition) is 1. The lowest BCUT2D eigenvalue weighted by atomic mass is 9.82. The van der Waals surface area contributed by atoms with Crippen molar-refractivity contribution in [2.45, 2.75) is 70.5 Å². The molecule has 0 bridgehead atoms. The zero-order valence-corrected chi connectivity index (χ0v) is 13.8. The molecular weight excluding hydrogens is 252 g/mol. The van der Waals surface area contributed by atoms with Crippen molar-refractivity contribution >= 4 is 11.8 Å². The molecule has 1 saturated heterocycles. The summed E-state index contributed by atoms with van der Waals surface area (Å²) >= 11 is 1.99. The third-order valence-corrected chi connectivity index (χ3v) is 5.97. The molecule has 1 aliphatic heterocycles. The van der Waals surface area contributed by atoms with Crippen LogP contribution in [-0.2, 0) is 0 Å². The topological polar surface area (TPSA) is 15.3 Å². The van der Waals surface area contributed by atoms with E-state index in [0.29, 0.717) is 0 Å². The molecule has 0 spiro atoms. The predicted octanol–water partition coefficient (Wildman–Crippen LogP) is 3.37. The summed E-state index contributed by atoms with van der Waals surface area (Å²) < 4.78 is 0. The minimum atomic E-state index is 0.730. The molecule has 2 aliphatic rings. The van der Waals surface area contributed by atoms with Gasteiger partial charge in [-0.1, -0.05) is 26.2 Å². The van der Waals surface area contributed by atoms with E-state index in [1.54, 1.807) is 0 Å². The van der Waals surface area contributed by atoms with E-state index in [0.717, 1.165) is 24.0 Å². The number of thioether (sulfide) groups is 1. The molecule has 2 rings (SSSR count). The highest BCUT2D eigenvalue weighted by molar-refractivity contribution is 7.98. The fraction of sp³-hybridized carbons (Fsp3) is 1.00. The SMILES string of the molecule is CCC1CNC(C2CCCCC2)CN1C(C)CSC. The van der Waals surface area contributed by atoms with Gasteiger partial charge in [0.25, 0.3) is 0 Å². The first-order valence-corrected chi connectivity index (χ1v) is 9.63. The van der Waals surface area contributed by atoms with Gasteiger partial charge in [-0.15, -0.1) is 0 Å². The molecule has 112 valence electrons. The summed E-state index contributed by atoms with van der Waals surface area (Å²) in [6, 6.07) is 2.24. The van der Waals surface area contributed by atoms with E-state index in [1.165, 1.54) is 57.4 Å². The van der Waals surface area contributed by atoms with Crippen molar-refractivity contribution in [3.8, 4) is 0 Å². The van der Waals surface area contributed by atoms with E-state index in [1.807, 2.05) is 11.8 Å². The van der Waals surface area contributed by atoms with Crippen molar-refractivity contribution in [1.82, 2.24) is 10.2 Å². The Morgan fingerprint density at radius 3 is 2.63 bits per heavy atom. The van der Waals surface area contributed by atoms with Gasteiger partial charge in [-0.25, -0.2) is 0 Å². The number of rotatable bonds is 5. The summed E-state index contributed by atoms with van der Waals surface area (Å²) in [4.78, 5) is 2.80. The minimum Gasteiger partial charge on any atom is -0.311 e. The standard InChI is InChI=1S/C16H32N2S/c1-4-15-10-17-16(14-8-6-5-7-9-14)11-18(15)13(2)12-19-3/h13-17H,4-12H2,1-3H3. The first kappa shape index (κ1) is 15.7. The van der Waals surface area contributed by atoms with Gasteiger partial charge in [-0.2, -0.15) is 11.8 Å². The van der Waals surface area contributed by atoms with Gasteiger partial charge in [0.2, 0.25) is 0 Å². The molecule has 1 aliphatic carbocycles. The van der Waals surface area contributed by atoms with Crippen LogP contribution in [0.25, 0.3) is 0 Å². The molecule has 0 aromatic heterocycles. The molecule has 0 amide bonds. The lowest BCUT2D eigenvalue weighted by Crippen LogP contribution is -2.61. The van der Waals surface area contributed by atoms with Crippen molar-refractivity contribution in [2.75, 3.05) is 25.1 Å². The molecule has 2 fully saturated rings. The van der Waals surface area contributed by atoms with E-state index < -0.39 is 0 Å². The summed E-state index contributed by atoms with van der Waals surface area (Å²) in [5.41, 5.74) is 0. The Morgan fingerprint density at radius 2 is 2.00 bits per heavy atom. The zero-order valence-electron chi connectivity index (χ0n) is 13.0. The van der Waals surface area contributed by atoms with Crippen LogP contribution < -0.4 is 5.32 Å². The number of nitrogens with one attached hydrogen (secondary N) is 1. The average molecular weight is 285 g/mol. The Hall–Kier alpha value is 0.270. The van der Waals surface area contributed by atoms with Crippen molar-refractivity contribution in [2.24, 2.45) is 5.92 Å². The van der Waals surface area contributed by atoms with Crippen LogP contribution in [0.1, 0.15) is 52.4 Å². The van der Waals surface area contributed by atoms with Gasteiger partial charge in [0.05, 0.1) is 0 Å². The summed E-state index contributed by atoms with van der Waals surface area (Å²) in [6.07, 6.45) is 10.8. The summed E-state index contributed by atoms with van der Waals surface area (Å²) in [6.45, 7) is 7.25. The quantitative estimate of drug-likeness (QED) is 0.833. The molecule has 19 heavy (non-hydrogen) atoms. The van der Waals surface area contributed by atoms with Gasteiger partial charge in [0.1, 0.15) is 0 Å². The molecule has 1 N–H and O–H groups in total. The highest BCUT2D eigenvalue weighted by Crippen LogP contribution is 2.29. The van der Waals surface area contributed by atoms with Gasteiger partial charge >= 0.3 is 0 Å². The molecule has 3 unspecified atom stereocenters. The molecule has 0 aromatic rings. The molecular formula is C16H32N2S. The molecule has 3 atom stereocenters. The number of piperazine rings is 1. The van der Waals surface area contributed by atoms with E-state index in [2.05, 4.69) is 30.3 Å². The Morgan fingerprint density at radius 1 is 1.26 bits per heavy atom. The van der Waals surface area contributed by atoms with Crippen molar-refractivity contribution < 1.29 is 0 Å². The normalized spacial score (nSPS) is 32.4. The summed E-state index contributed by atoms with van der Waals surface area (Å²) in [5.74, 6) is 2.21. The average Bonchev–Trinajstić information content (AvgIpc) is 2.47. The molecule has 1 saturated carbocycles. The smallest absolute Gasteiger partial charge is 0.0224 e. The van der Waals surface area contributed by atoms with Gasteiger partial charge in [-0.05, 0) is 38.4 Å². The van der Waals surface area contributed by atoms with Crippen LogP contribution in [-0.4, -0.2) is 48.1 Å². The van der Waals surface area contributed by atoms with Crippen molar-refractivity contribution in [1.29, 1.82) is 0 Å². The van der Waals surface area contributed by atoms with Crippen LogP contribution >= 0.6 is 11.8 Å². The molecule has 0 aromatic carbocycles. The number of hydrogen-bond acceptors (Lipinski definition) is 3. The van der Waals surface area contributed by atoms with Crippen LogP contribution in [0.3, 0.4) is 0 Å². The molecule has 2 nitrogen and oxygen atoms in total. The van der Waals surface area contributed by atoms with Gasteiger partial charge < -0.3 is 5.32 Å². The van der Waals surface area contributed by atoms with E-state index >= 15 is 0 Å². The first-order chi connectivity index (χ1) is 9.26. The van der Waals surface area contributed by atoms with Crippen LogP contribution in [0, 0.1) is 5.92 Å². The summed E-state index contributed by atoms with van der Waals surface area (Å²) in [5, 5.41) is 3.87. The Bertz CT molecular complexity index is 253. The minimum absolute atomic E-state index is 0.730. The molecule has 0 radical (unpaired) electrons. The van der Waals surface area contributed by atoms with Gasteiger partial charge in [0, 0.05) is 37.0 Å². The molecule has 3 heteroatoms. The highest BCUT2D eigenvalue weighted by Gasteiger charge is 2.33. The highest BCUT2D eigenvalue weighted by atomic mass is 32.2. The second kappa shape index (κ2) is 7.90. The van der Waals surface area contributed by atoms with Gasteiger partial charge in [-0.3, -0.25) is 4.90 Å². The largest absolute Gasteiger partial charge is 0.311 e. The fourth-order valence-electron chi connectivity index (χ4n) is 3.95. The number of nitrogens with zero attached hydrogens (tertiary/aromatic N) is 1. The van der Waals surface area contributed by atoms with E-state index in [4.69, 9.17) is 0 Å². The van der Waals surface area contributed by atoms with E-state index in [9.17, 15) is 0 Å². The third kappa shape index (κ3) is 4.12. The predicted molar refractivity (Wildman–Crippen MR) is 87.0 cm³/mol. The Kier molecular flexibility index (Phi) is 6.51. The first-order valence-electron chi connectivity index (χ1n) is 8.24. The van der Waals surface area contributed by atoms with Crippen LogP contribution in [0.5, 0.6) is 0 Å². The fourth-order valence-corrected chi connectivity index (χ4v) is 4.63. The van der Waals surface area contributed by atoms with Crippen LogP contribution in [0.2, 0.25) is 0 Å². The third-order valence-electron chi connectivity index (χ3n) is 5.16. The maximum absolute atomic E-state index is 3.87. The summed E-state index contributed by atoms with van der Waals surface area (Å²) in [7, 11) is 0. The van der Waals surface area contributed by atoms with Crippen LogP contribution in [0.4, 0.5) is 0 Å². The second-order valence-electron chi connectivity index (χ2n) is 6.48.